The zero-order valence-corrected chi connectivity index (χ0v) is 15.4. The van der Waals surface area contributed by atoms with E-state index in [1.165, 1.54) is 0 Å². The number of carbonyl (C=O) groups excluding carboxylic acids is 1. The summed E-state index contributed by atoms with van der Waals surface area (Å²) < 4.78 is 24.4. The summed E-state index contributed by atoms with van der Waals surface area (Å²) in [7, 11) is 0. The lowest BCUT2D eigenvalue weighted by atomic mass is 9.51. The molecule has 0 radical (unpaired) electrons. The molecule has 3 saturated heterocycles. The first-order valence-electron chi connectivity index (χ1n) is 10.1. The van der Waals surface area contributed by atoms with Crippen molar-refractivity contribution in [1.29, 1.82) is 0 Å². The van der Waals surface area contributed by atoms with E-state index in [1.54, 1.807) is 0 Å². The second-order valence-electron chi connectivity index (χ2n) is 9.66. The Labute approximate surface area is 156 Å². The minimum Gasteiger partial charge on any atom is -0.458 e. The highest BCUT2D eigenvalue weighted by molar-refractivity contribution is 5.92. The van der Waals surface area contributed by atoms with E-state index in [9.17, 15) is 15.0 Å². The van der Waals surface area contributed by atoms with E-state index in [-0.39, 0.29) is 42.5 Å². The summed E-state index contributed by atoms with van der Waals surface area (Å²) in [5.74, 6) is -0.168. The fraction of sp³-hybridized carbons (Fsp3) is 0.850. The molecule has 7 heteroatoms. The number of hydrogen-bond donors (Lipinski definition) is 2. The number of ether oxygens (including phenoxy) is 4. The smallest absolute Gasteiger partial charge is 0.334 e. The first-order valence-corrected chi connectivity index (χ1v) is 10.1. The van der Waals surface area contributed by atoms with Gasteiger partial charge in [0.15, 0.2) is 5.60 Å². The quantitative estimate of drug-likeness (QED) is 0.519. The maximum atomic E-state index is 12.1. The number of hydrogen-bond acceptors (Lipinski definition) is 7. The van der Waals surface area contributed by atoms with Crippen LogP contribution in [0.3, 0.4) is 0 Å². The monoisotopic (exact) mass is 376 g/mol. The summed E-state index contributed by atoms with van der Waals surface area (Å²) in [5.41, 5.74) is -0.531. The van der Waals surface area contributed by atoms with Crippen molar-refractivity contribution in [2.75, 3.05) is 13.2 Å². The van der Waals surface area contributed by atoms with Crippen LogP contribution in [0.15, 0.2) is 11.1 Å². The third kappa shape index (κ3) is 1.27. The Morgan fingerprint density at radius 2 is 2.15 bits per heavy atom. The van der Waals surface area contributed by atoms with Crippen LogP contribution in [-0.2, 0) is 23.7 Å². The van der Waals surface area contributed by atoms with Crippen LogP contribution in [0.25, 0.3) is 0 Å². The maximum absolute atomic E-state index is 12.1. The van der Waals surface area contributed by atoms with E-state index < -0.39 is 28.5 Å². The molecule has 0 aromatic rings. The molecular weight excluding hydrogens is 352 g/mol. The van der Waals surface area contributed by atoms with Crippen LogP contribution in [0.2, 0.25) is 0 Å². The Morgan fingerprint density at radius 3 is 2.93 bits per heavy atom. The van der Waals surface area contributed by atoms with Crippen molar-refractivity contribution in [2.45, 2.75) is 73.8 Å². The molecule has 10 atom stereocenters. The summed E-state index contributed by atoms with van der Waals surface area (Å²) >= 11 is 0. The van der Waals surface area contributed by atoms with Gasteiger partial charge in [-0.3, -0.25) is 0 Å². The van der Waals surface area contributed by atoms with Gasteiger partial charge in [-0.15, -0.1) is 0 Å². The van der Waals surface area contributed by atoms with Gasteiger partial charge in [0.2, 0.25) is 0 Å². The van der Waals surface area contributed by atoms with Gasteiger partial charge >= 0.3 is 5.97 Å². The van der Waals surface area contributed by atoms with Crippen LogP contribution in [0.1, 0.15) is 33.1 Å². The molecule has 0 unspecified atom stereocenters. The van der Waals surface area contributed by atoms with Gasteiger partial charge in [-0.05, 0) is 24.8 Å². The number of esters is 1. The predicted octanol–water partition coefficient (Wildman–Crippen LogP) is 0.0755. The highest BCUT2D eigenvalue weighted by atomic mass is 16.7. The molecule has 7 aliphatic rings. The Bertz CT molecular complexity index is 838. The first-order chi connectivity index (χ1) is 12.9. The van der Waals surface area contributed by atoms with Gasteiger partial charge in [0.05, 0.1) is 12.2 Å². The fourth-order valence-corrected chi connectivity index (χ4v) is 7.86. The Balaban J connectivity index is 1.36. The molecule has 3 aliphatic carbocycles. The van der Waals surface area contributed by atoms with Crippen LogP contribution >= 0.6 is 0 Å². The molecule has 4 aliphatic heterocycles. The van der Waals surface area contributed by atoms with E-state index in [0.717, 1.165) is 24.0 Å². The van der Waals surface area contributed by atoms with Crippen LogP contribution in [0.5, 0.6) is 0 Å². The van der Waals surface area contributed by atoms with E-state index in [2.05, 4.69) is 6.92 Å². The van der Waals surface area contributed by atoms with Crippen molar-refractivity contribution >= 4 is 5.97 Å². The Morgan fingerprint density at radius 1 is 1.33 bits per heavy atom. The highest BCUT2D eigenvalue weighted by Gasteiger charge is 3.01. The number of carbonyl (C=O) groups is 1. The minimum atomic E-state index is -0.810. The zero-order chi connectivity index (χ0) is 18.6. The van der Waals surface area contributed by atoms with Gasteiger partial charge < -0.3 is 29.2 Å². The molecule has 7 nitrogen and oxygen atoms in total. The van der Waals surface area contributed by atoms with Gasteiger partial charge in [0.1, 0.15) is 29.5 Å². The van der Waals surface area contributed by atoms with Crippen LogP contribution in [0.4, 0.5) is 0 Å². The molecule has 2 saturated carbocycles. The normalized spacial score (nSPS) is 62.2. The van der Waals surface area contributed by atoms with E-state index >= 15 is 0 Å². The molecule has 7 rings (SSSR count). The third-order valence-electron chi connectivity index (χ3n) is 9.13. The maximum Gasteiger partial charge on any atom is 0.334 e. The summed E-state index contributed by atoms with van der Waals surface area (Å²) in [6, 6.07) is 0. The van der Waals surface area contributed by atoms with Crippen LogP contribution < -0.4 is 0 Å². The van der Waals surface area contributed by atoms with Crippen molar-refractivity contribution in [1.82, 2.24) is 0 Å². The largest absolute Gasteiger partial charge is 0.458 e. The van der Waals surface area contributed by atoms with Gasteiger partial charge in [0.25, 0.3) is 0 Å². The summed E-state index contributed by atoms with van der Waals surface area (Å²) in [5, 5.41) is 21.2. The van der Waals surface area contributed by atoms with E-state index in [0.29, 0.717) is 13.0 Å². The Hall–Kier alpha value is -0.990. The molecule has 2 N–H and O–H groups in total. The van der Waals surface area contributed by atoms with Crippen molar-refractivity contribution in [2.24, 2.45) is 17.8 Å². The average molecular weight is 376 g/mol. The second-order valence-corrected chi connectivity index (χ2v) is 9.66. The molecule has 0 amide bonds. The molecule has 0 bridgehead atoms. The molecule has 4 heterocycles. The number of cyclic esters (lactones) is 1. The molecule has 27 heavy (non-hydrogen) atoms. The lowest BCUT2D eigenvalue weighted by Crippen LogP contribution is -2.68. The van der Waals surface area contributed by atoms with Gasteiger partial charge in [-0.2, -0.15) is 0 Å². The SMILES string of the molecule is C[C@@H](CO)[C@]12O[C@H]1[C@H](C)[C@@]13O[C@@]14CCC1=C(COC1=O)[C@@H]4C[C@@H]1O[C@@]13[C@@H]2O. The van der Waals surface area contributed by atoms with Crippen LogP contribution in [-0.4, -0.2) is 70.1 Å². The lowest BCUT2D eigenvalue weighted by Gasteiger charge is -2.46. The van der Waals surface area contributed by atoms with Crippen molar-refractivity contribution in [3.05, 3.63) is 11.1 Å². The van der Waals surface area contributed by atoms with Crippen molar-refractivity contribution in [3.63, 3.8) is 0 Å². The molecule has 5 fully saturated rings. The number of aliphatic hydroxyl groups is 2. The first kappa shape index (κ1) is 15.9. The van der Waals surface area contributed by atoms with Crippen LogP contribution in [0, 0.1) is 17.8 Å². The van der Waals surface area contributed by atoms with Crippen molar-refractivity contribution in [3.8, 4) is 0 Å². The zero-order valence-electron chi connectivity index (χ0n) is 15.4. The third-order valence-corrected chi connectivity index (χ3v) is 9.13. The topological polar surface area (TPSA) is 104 Å². The van der Waals surface area contributed by atoms with E-state index in [1.807, 2.05) is 6.92 Å². The number of aliphatic hydroxyl groups excluding tert-OH is 2. The lowest BCUT2D eigenvalue weighted by molar-refractivity contribution is -0.136. The molecule has 0 aromatic carbocycles. The number of rotatable bonds is 2. The predicted molar refractivity (Wildman–Crippen MR) is 88.5 cm³/mol. The van der Waals surface area contributed by atoms with E-state index in [4.69, 9.17) is 18.9 Å². The summed E-state index contributed by atoms with van der Waals surface area (Å²) in [6.45, 7) is 4.40. The minimum absolute atomic E-state index is 0.0294. The number of epoxide rings is 3. The highest BCUT2D eigenvalue weighted by Crippen LogP contribution is 2.83. The van der Waals surface area contributed by atoms with Crippen molar-refractivity contribution < 1.29 is 34.0 Å². The molecule has 0 aromatic heterocycles. The average Bonchev–Trinajstić information content (AvgIpc) is 3.57. The summed E-state index contributed by atoms with van der Waals surface area (Å²) in [4.78, 5) is 12.1. The summed E-state index contributed by atoms with van der Waals surface area (Å²) in [6.07, 6.45) is 1.12. The second kappa shape index (κ2) is 4.14. The van der Waals surface area contributed by atoms with Gasteiger partial charge in [-0.1, -0.05) is 13.8 Å². The van der Waals surface area contributed by atoms with Gasteiger partial charge in [-0.25, -0.2) is 4.79 Å². The number of fused-ring (bicyclic) bond motifs is 2. The molecule has 3 spiro atoms. The molecule has 146 valence electrons. The fourth-order valence-electron chi connectivity index (χ4n) is 7.86. The Kier molecular flexibility index (Phi) is 2.43. The standard InChI is InChI=1S/C20H24O7/c1-8(6-21)18-14(26-18)9(2)20-17(27-20)4-3-10-11(7-24-15(10)22)12(17)5-13-19(20,25-13)16(18)23/h8-9,12-14,16,21,23H,3-7H2,1-2H3/t8-,9-,12-,13-,14-,16+,17+,18-,19+,20+/m0/s1. The molecular formula is C20H24O7. The van der Waals surface area contributed by atoms with Gasteiger partial charge in [0, 0.05) is 29.9 Å².